The van der Waals surface area contributed by atoms with Crippen LogP contribution in [0.1, 0.15) is 19.3 Å². The molecule has 1 aliphatic heterocycles. The lowest BCUT2D eigenvalue weighted by Crippen LogP contribution is -2.41. The van der Waals surface area contributed by atoms with Gasteiger partial charge < -0.3 is 21.5 Å². The van der Waals surface area contributed by atoms with E-state index in [1.807, 2.05) is 18.2 Å². The van der Waals surface area contributed by atoms with Crippen LogP contribution < -0.4 is 16.4 Å². The van der Waals surface area contributed by atoms with Crippen LogP contribution in [0, 0.1) is 0 Å². The van der Waals surface area contributed by atoms with Crippen LogP contribution in [0.3, 0.4) is 0 Å². The molecule has 88 valence electrons. The third kappa shape index (κ3) is 2.07. The molecule has 0 amide bonds. The third-order valence-electron chi connectivity index (χ3n) is 3.24. The molecule has 0 saturated carbocycles. The molecule has 16 heavy (non-hydrogen) atoms. The average molecular weight is 221 g/mol. The number of aliphatic hydroxyl groups excluding tert-OH is 1. The highest BCUT2D eigenvalue weighted by atomic mass is 16.3. The first-order chi connectivity index (χ1) is 7.72. The Bertz CT molecular complexity index is 367. The number of nitrogen functional groups attached to an aromatic ring is 2. The molecule has 4 nitrogen and oxygen atoms in total. The fourth-order valence-electron chi connectivity index (χ4n) is 2.27. The van der Waals surface area contributed by atoms with E-state index in [2.05, 4.69) is 4.90 Å². The van der Waals surface area contributed by atoms with Crippen LogP contribution in [0.15, 0.2) is 18.2 Å². The van der Waals surface area contributed by atoms with Gasteiger partial charge >= 0.3 is 0 Å². The van der Waals surface area contributed by atoms with Crippen LogP contribution >= 0.6 is 0 Å². The number of benzene rings is 1. The average Bonchev–Trinajstić information content (AvgIpc) is 2.32. The van der Waals surface area contributed by atoms with Gasteiger partial charge in [0.1, 0.15) is 0 Å². The fraction of sp³-hybridized carbons (Fsp3) is 0.500. The summed E-state index contributed by atoms with van der Waals surface area (Å²) < 4.78 is 0. The number of anilines is 3. The smallest absolute Gasteiger partial charge is 0.0635 e. The van der Waals surface area contributed by atoms with E-state index in [1.54, 1.807) is 0 Å². The minimum Gasteiger partial charge on any atom is -0.397 e. The number of hydrogen-bond donors (Lipinski definition) is 3. The molecule has 0 aliphatic carbocycles. The maximum absolute atomic E-state index is 9.35. The number of nitrogens with two attached hydrogens (primary N) is 2. The van der Waals surface area contributed by atoms with Crippen molar-refractivity contribution < 1.29 is 5.11 Å². The number of piperidine rings is 1. The molecular weight excluding hydrogens is 202 g/mol. The van der Waals surface area contributed by atoms with Gasteiger partial charge in [0.05, 0.1) is 24.0 Å². The van der Waals surface area contributed by atoms with Crippen LogP contribution in [0.4, 0.5) is 17.1 Å². The van der Waals surface area contributed by atoms with E-state index in [4.69, 9.17) is 11.5 Å². The predicted octanol–water partition coefficient (Wildman–Crippen LogP) is 1.20. The Balaban J connectivity index is 2.23. The van der Waals surface area contributed by atoms with E-state index < -0.39 is 0 Å². The Hall–Kier alpha value is -1.42. The zero-order chi connectivity index (χ0) is 11.5. The van der Waals surface area contributed by atoms with Crippen LogP contribution in [0.2, 0.25) is 0 Å². The maximum Gasteiger partial charge on any atom is 0.0635 e. The van der Waals surface area contributed by atoms with Gasteiger partial charge in [-0.15, -0.1) is 0 Å². The SMILES string of the molecule is Nc1ccc(N2CCCCC2CO)cc1N. The molecule has 0 bridgehead atoms. The van der Waals surface area contributed by atoms with Crippen molar-refractivity contribution >= 4 is 17.1 Å². The second-order valence-electron chi connectivity index (χ2n) is 4.34. The van der Waals surface area contributed by atoms with Gasteiger partial charge in [-0.25, -0.2) is 0 Å². The zero-order valence-electron chi connectivity index (χ0n) is 9.39. The Morgan fingerprint density at radius 1 is 1.25 bits per heavy atom. The van der Waals surface area contributed by atoms with Crippen LogP contribution in [0.25, 0.3) is 0 Å². The molecule has 1 atom stereocenters. The van der Waals surface area contributed by atoms with Crippen molar-refractivity contribution in [3.05, 3.63) is 18.2 Å². The van der Waals surface area contributed by atoms with Gasteiger partial charge in [0.15, 0.2) is 0 Å². The molecule has 0 spiro atoms. The van der Waals surface area contributed by atoms with Crippen molar-refractivity contribution in [2.24, 2.45) is 0 Å². The van der Waals surface area contributed by atoms with E-state index in [-0.39, 0.29) is 12.6 Å². The molecule has 0 radical (unpaired) electrons. The van der Waals surface area contributed by atoms with Gasteiger partial charge in [0.2, 0.25) is 0 Å². The van der Waals surface area contributed by atoms with Crippen molar-refractivity contribution in [2.45, 2.75) is 25.3 Å². The summed E-state index contributed by atoms with van der Waals surface area (Å²) in [6.45, 7) is 1.18. The summed E-state index contributed by atoms with van der Waals surface area (Å²) >= 11 is 0. The van der Waals surface area contributed by atoms with Gasteiger partial charge in [-0.05, 0) is 37.5 Å². The van der Waals surface area contributed by atoms with Crippen molar-refractivity contribution in [3.8, 4) is 0 Å². The highest BCUT2D eigenvalue weighted by Crippen LogP contribution is 2.28. The topological polar surface area (TPSA) is 75.5 Å². The van der Waals surface area contributed by atoms with E-state index in [1.165, 1.54) is 12.8 Å². The Kier molecular flexibility index (Phi) is 3.19. The number of aliphatic hydroxyl groups is 1. The molecule has 2 rings (SSSR count). The molecule has 1 fully saturated rings. The quantitative estimate of drug-likeness (QED) is 0.656. The first-order valence-corrected chi connectivity index (χ1v) is 5.75. The van der Waals surface area contributed by atoms with Crippen molar-refractivity contribution in [3.63, 3.8) is 0 Å². The summed E-state index contributed by atoms with van der Waals surface area (Å²) in [7, 11) is 0. The third-order valence-corrected chi connectivity index (χ3v) is 3.24. The van der Waals surface area contributed by atoms with Gasteiger partial charge in [0.25, 0.3) is 0 Å². The fourth-order valence-corrected chi connectivity index (χ4v) is 2.27. The van der Waals surface area contributed by atoms with Gasteiger partial charge in [-0.1, -0.05) is 0 Å². The number of rotatable bonds is 2. The Morgan fingerprint density at radius 2 is 2.06 bits per heavy atom. The van der Waals surface area contributed by atoms with E-state index in [0.717, 1.165) is 18.7 Å². The summed E-state index contributed by atoms with van der Waals surface area (Å²) in [5.74, 6) is 0. The summed E-state index contributed by atoms with van der Waals surface area (Å²) in [6.07, 6.45) is 3.40. The zero-order valence-corrected chi connectivity index (χ0v) is 9.39. The minimum atomic E-state index is 0.199. The monoisotopic (exact) mass is 221 g/mol. The van der Waals surface area contributed by atoms with E-state index in [9.17, 15) is 5.11 Å². The van der Waals surface area contributed by atoms with E-state index in [0.29, 0.717) is 11.4 Å². The normalized spacial score (nSPS) is 21.1. The van der Waals surface area contributed by atoms with Gasteiger partial charge in [-0.2, -0.15) is 0 Å². The lowest BCUT2D eigenvalue weighted by atomic mass is 10.0. The molecular formula is C12H19N3O. The molecule has 5 N–H and O–H groups in total. The first kappa shape index (κ1) is 11.1. The molecule has 0 aromatic heterocycles. The second-order valence-corrected chi connectivity index (χ2v) is 4.34. The van der Waals surface area contributed by atoms with E-state index >= 15 is 0 Å². The summed E-state index contributed by atoms with van der Waals surface area (Å²) in [5.41, 5.74) is 13.8. The minimum absolute atomic E-state index is 0.199. The van der Waals surface area contributed by atoms with Crippen molar-refractivity contribution in [1.82, 2.24) is 0 Å². The summed E-state index contributed by atoms with van der Waals surface area (Å²) in [4.78, 5) is 2.22. The van der Waals surface area contributed by atoms with Crippen molar-refractivity contribution in [1.29, 1.82) is 0 Å². The van der Waals surface area contributed by atoms with Gasteiger partial charge in [0, 0.05) is 12.2 Å². The molecule has 1 unspecified atom stereocenters. The lowest BCUT2D eigenvalue weighted by molar-refractivity contribution is 0.240. The molecule has 1 aromatic carbocycles. The molecule has 1 heterocycles. The molecule has 1 aliphatic rings. The second kappa shape index (κ2) is 4.61. The highest BCUT2D eigenvalue weighted by molar-refractivity contribution is 5.70. The van der Waals surface area contributed by atoms with Crippen LogP contribution in [-0.2, 0) is 0 Å². The van der Waals surface area contributed by atoms with Gasteiger partial charge in [-0.3, -0.25) is 0 Å². The standard InChI is InChI=1S/C12H19N3O/c13-11-5-4-9(7-12(11)14)15-6-2-1-3-10(15)8-16/h4-5,7,10,16H,1-3,6,8,13-14H2. The Morgan fingerprint density at radius 3 is 2.75 bits per heavy atom. The summed E-state index contributed by atoms with van der Waals surface area (Å²) in [5, 5.41) is 9.35. The number of nitrogens with zero attached hydrogens (tertiary/aromatic N) is 1. The summed E-state index contributed by atoms with van der Waals surface area (Å²) in [6, 6.07) is 5.91. The molecule has 1 saturated heterocycles. The van der Waals surface area contributed by atoms with Crippen LogP contribution in [-0.4, -0.2) is 24.3 Å². The largest absolute Gasteiger partial charge is 0.397 e. The predicted molar refractivity (Wildman–Crippen MR) is 67.3 cm³/mol. The Labute approximate surface area is 95.8 Å². The molecule has 4 heteroatoms. The first-order valence-electron chi connectivity index (χ1n) is 5.75. The number of hydrogen-bond acceptors (Lipinski definition) is 4. The van der Waals surface area contributed by atoms with Crippen molar-refractivity contribution in [2.75, 3.05) is 29.5 Å². The molecule has 1 aromatic rings. The van der Waals surface area contributed by atoms with Crippen LogP contribution in [0.5, 0.6) is 0 Å². The lowest BCUT2D eigenvalue weighted by Gasteiger charge is -2.36. The highest BCUT2D eigenvalue weighted by Gasteiger charge is 2.21. The maximum atomic E-state index is 9.35.